The zero-order chi connectivity index (χ0) is 35.1. The number of ether oxygens (including phenoxy) is 3. The molecule has 3 heterocycles. The third-order valence-corrected chi connectivity index (χ3v) is 10.7. The lowest BCUT2D eigenvalue weighted by Gasteiger charge is -2.28. The van der Waals surface area contributed by atoms with E-state index in [2.05, 4.69) is 23.1 Å². The zero-order valence-corrected chi connectivity index (χ0v) is 27.2. The highest BCUT2D eigenvalue weighted by molar-refractivity contribution is 7.66. The Morgan fingerprint density at radius 1 is 1.23 bits per heavy atom. The zero-order valence-electron chi connectivity index (χ0n) is 24.6. The average molecular weight is 729 g/mol. The Morgan fingerprint density at radius 2 is 1.91 bits per heavy atom. The number of phosphoric acid groups is 3. The highest BCUT2D eigenvalue weighted by Gasteiger charge is 2.49. The number of phosphoric ester groups is 1. The van der Waals surface area contributed by atoms with Gasteiger partial charge in [-0.2, -0.15) is 13.6 Å². The van der Waals surface area contributed by atoms with Crippen LogP contribution in [0.4, 0.5) is 11.6 Å². The van der Waals surface area contributed by atoms with E-state index in [1.54, 1.807) is 6.92 Å². The first kappa shape index (κ1) is 36.8. The van der Waals surface area contributed by atoms with Gasteiger partial charge in [-0.1, -0.05) is 0 Å². The molecule has 1 aliphatic rings. The summed E-state index contributed by atoms with van der Waals surface area (Å²) in [7, 11) is -15.5. The van der Waals surface area contributed by atoms with Crippen molar-refractivity contribution in [1.29, 1.82) is 0 Å². The summed E-state index contributed by atoms with van der Waals surface area (Å²) in [5.74, 6) is 0.0744. The number of nitrogen functional groups attached to an aromatic ring is 1. The highest BCUT2D eigenvalue weighted by atomic mass is 31.3. The summed E-state index contributed by atoms with van der Waals surface area (Å²) in [6.45, 7) is 1.57. The van der Waals surface area contributed by atoms with Gasteiger partial charge < -0.3 is 49.2 Å². The molecule has 3 aromatic rings. The van der Waals surface area contributed by atoms with Gasteiger partial charge in [0.1, 0.15) is 17.6 Å². The Balaban J connectivity index is 1.57. The lowest BCUT2D eigenvalue weighted by molar-refractivity contribution is -0.386. The molecule has 2 aromatic heterocycles. The van der Waals surface area contributed by atoms with Gasteiger partial charge in [-0.05, 0) is 26.0 Å². The molecule has 1 aliphatic heterocycles. The van der Waals surface area contributed by atoms with Crippen LogP contribution >= 0.6 is 23.5 Å². The number of H-pyrrole nitrogens is 1. The fourth-order valence-electron chi connectivity index (χ4n) is 4.72. The van der Waals surface area contributed by atoms with Crippen molar-refractivity contribution in [1.82, 2.24) is 14.5 Å². The van der Waals surface area contributed by atoms with Crippen LogP contribution < -0.4 is 16.0 Å². The van der Waals surface area contributed by atoms with Crippen LogP contribution in [0.3, 0.4) is 0 Å². The molecule has 25 heteroatoms. The molecule has 0 spiro atoms. The number of aromatic nitrogens is 3. The van der Waals surface area contributed by atoms with Gasteiger partial charge in [0.2, 0.25) is 5.95 Å². The maximum atomic E-state index is 13.0. The molecular formula is C22H30N5O17P3. The molecule has 0 saturated carbocycles. The third-order valence-electron chi connectivity index (χ3n) is 6.91. The number of fused-ring (bicyclic) bond motifs is 1. The second kappa shape index (κ2) is 13.4. The van der Waals surface area contributed by atoms with E-state index in [1.165, 1.54) is 43.0 Å². The number of nitro groups is 1. The van der Waals surface area contributed by atoms with Crippen molar-refractivity contribution < 1.29 is 70.7 Å². The van der Waals surface area contributed by atoms with E-state index in [0.29, 0.717) is 5.75 Å². The molecule has 1 saturated heterocycles. The fourth-order valence-corrected chi connectivity index (χ4v) is 7.84. The number of rotatable bonds is 14. The van der Waals surface area contributed by atoms with Gasteiger partial charge in [-0.25, -0.2) is 13.7 Å². The number of hydrogen-bond acceptors (Lipinski definition) is 15. The average Bonchev–Trinajstić information content (AvgIpc) is 3.45. The van der Waals surface area contributed by atoms with E-state index in [1.807, 2.05) is 0 Å². The van der Waals surface area contributed by atoms with Gasteiger partial charge in [0.25, 0.3) is 11.2 Å². The lowest BCUT2D eigenvalue weighted by atomic mass is 10.0. The lowest BCUT2D eigenvalue weighted by Crippen LogP contribution is -2.40. The second-order valence-corrected chi connectivity index (χ2v) is 14.8. The molecule has 1 fully saturated rings. The van der Waals surface area contributed by atoms with Crippen molar-refractivity contribution in [2.24, 2.45) is 0 Å². The Hall–Kier alpha value is -3.07. The third kappa shape index (κ3) is 8.70. The number of nitrogens with zero attached hydrogens (tertiary/aromatic N) is 3. The maximum absolute atomic E-state index is 13.0. The fraction of sp³-hybridized carbons (Fsp3) is 0.455. The van der Waals surface area contributed by atoms with E-state index in [-0.39, 0.29) is 46.8 Å². The summed E-state index contributed by atoms with van der Waals surface area (Å²) in [6, 6.07) is 4.13. The van der Waals surface area contributed by atoms with Crippen LogP contribution in [0.2, 0.25) is 0 Å². The summed E-state index contributed by atoms with van der Waals surface area (Å²) in [4.78, 5) is 67.1. The number of benzene rings is 1. The summed E-state index contributed by atoms with van der Waals surface area (Å²) in [5, 5.41) is 22.4. The normalized spacial score (nSPS) is 23.3. The maximum Gasteiger partial charge on any atom is 0.490 e. The van der Waals surface area contributed by atoms with Gasteiger partial charge in [0, 0.05) is 24.2 Å². The summed E-state index contributed by atoms with van der Waals surface area (Å²) in [5.41, 5.74) is 3.49. The summed E-state index contributed by atoms with van der Waals surface area (Å²) >= 11 is 0. The van der Waals surface area contributed by atoms with Crippen molar-refractivity contribution in [3.05, 3.63) is 56.0 Å². The Morgan fingerprint density at radius 3 is 2.53 bits per heavy atom. The Kier molecular flexibility index (Phi) is 10.5. The standard InChI is InChI=1S/C22H30N5O17P3/c1-11(14-6-13(39-3)4-5-15(14)27(30)31)40-9-12-8-26(19-18(12)20(29)25-21(23)24-19)17-7-16(28)22(2,42-17)10-41-46(35,36)44-47(37,38)43-45(32,33)34/h4-6,8,11,16-17,28H,7,9-10H2,1-3H3,(H,35,36)(H,37,38)(H2,32,33,34)(H3,23,24,25,29)/t11-,16?,17+,22?/m0/s1. The monoisotopic (exact) mass is 729 g/mol. The number of nitrogens with one attached hydrogen (secondary N) is 1. The number of aliphatic hydroxyl groups excluding tert-OH is 1. The molecule has 4 rings (SSSR count). The van der Waals surface area contributed by atoms with E-state index >= 15 is 0 Å². The van der Waals surface area contributed by atoms with Gasteiger partial charge in [-0.3, -0.25) is 24.4 Å². The molecular weight excluding hydrogens is 699 g/mol. The van der Waals surface area contributed by atoms with E-state index < -0.39 is 64.6 Å². The van der Waals surface area contributed by atoms with Crippen molar-refractivity contribution in [3.63, 3.8) is 0 Å². The molecule has 6 atom stereocenters. The number of aliphatic hydroxyl groups is 1. The SMILES string of the molecule is COc1ccc([N+](=O)[O-])c([C@H](C)OCc2cn([C@H]3CC(O)C(C)(COP(=O)(O)OP(=O)(O)OP(=O)(O)O)O3)c3nc(N)[nH]c(=O)c23)c1. The van der Waals surface area contributed by atoms with Gasteiger partial charge in [0.05, 0.1) is 48.4 Å². The minimum absolute atomic E-state index is 0.00602. The predicted molar refractivity (Wildman–Crippen MR) is 157 cm³/mol. The van der Waals surface area contributed by atoms with Crippen molar-refractivity contribution in [3.8, 4) is 5.75 Å². The van der Waals surface area contributed by atoms with Crippen LogP contribution in [0.15, 0.2) is 29.2 Å². The molecule has 0 bridgehead atoms. The number of hydrogen-bond donors (Lipinski definition) is 7. The van der Waals surface area contributed by atoms with Gasteiger partial charge in [-0.15, -0.1) is 0 Å². The highest BCUT2D eigenvalue weighted by Crippen LogP contribution is 2.66. The number of nitrogens with two attached hydrogens (primary N) is 1. The van der Waals surface area contributed by atoms with E-state index in [9.17, 15) is 43.5 Å². The molecule has 4 unspecified atom stereocenters. The topological polar surface area (TPSA) is 328 Å². The van der Waals surface area contributed by atoms with Crippen LogP contribution in [0.5, 0.6) is 5.75 Å². The molecule has 8 N–H and O–H groups in total. The van der Waals surface area contributed by atoms with Crippen LogP contribution in [0.1, 0.15) is 43.7 Å². The summed E-state index contributed by atoms with van der Waals surface area (Å²) in [6.07, 6.45) is -2.25. The van der Waals surface area contributed by atoms with Gasteiger partial charge >= 0.3 is 23.5 Å². The first-order valence-electron chi connectivity index (χ1n) is 13.1. The number of aromatic amines is 1. The Labute approximate surface area is 263 Å². The number of nitro benzene ring substituents is 1. The molecule has 0 radical (unpaired) electrons. The van der Waals surface area contributed by atoms with Gasteiger partial charge in [0.15, 0.2) is 5.65 Å². The Bertz CT molecular complexity index is 1880. The predicted octanol–water partition coefficient (Wildman–Crippen LogP) is 1.88. The second-order valence-electron chi connectivity index (χ2n) is 10.3. The number of methoxy groups -OCH3 is 1. The van der Waals surface area contributed by atoms with Crippen LogP contribution in [0, 0.1) is 10.1 Å². The first-order chi connectivity index (χ1) is 21.6. The molecule has 0 amide bonds. The van der Waals surface area contributed by atoms with Crippen LogP contribution in [0.25, 0.3) is 11.0 Å². The van der Waals surface area contributed by atoms with Crippen LogP contribution in [-0.2, 0) is 42.9 Å². The molecule has 0 aliphatic carbocycles. The largest absolute Gasteiger partial charge is 0.497 e. The van der Waals surface area contributed by atoms with Crippen LogP contribution in [-0.4, -0.2) is 69.6 Å². The van der Waals surface area contributed by atoms with E-state index in [4.69, 9.17) is 29.7 Å². The van der Waals surface area contributed by atoms with Crippen molar-refractivity contribution in [2.75, 3.05) is 19.5 Å². The molecule has 22 nitrogen and oxygen atoms in total. The van der Waals surface area contributed by atoms with Crippen molar-refractivity contribution >= 4 is 46.1 Å². The number of anilines is 1. The minimum atomic E-state index is -5.79. The van der Waals surface area contributed by atoms with Crippen molar-refractivity contribution in [2.45, 2.75) is 50.9 Å². The first-order valence-corrected chi connectivity index (χ1v) is 17.6. The molecule has 260 valence electrons. The quantitative estimate of drug-likeness (QED) is 0.0707. The molecule has 1 aromatic carbocycles. The summed E-state index contributed by atoms with van der Waals surface area (Å²) < 4.78 is 65.1. The smallest absolute Gasteiger partial charge is 0.490 e. The van der Waals surface area contributed by atoms with E-state index in [0.717, 1.165) is 0 Å². The minimum Gasteiger partial charge on any atom is -0.497 e. The molecule has 47 heavy (non-hydrogen) atoms.